The van der Waals surface area contributed by atoms with Crippen LogP contribution in [-0.2, 0) is 22.6 Å². The van der Waals surface area contributed by atoms with E-state index in [1.54, 1.807) is 0 Å². The van der Waals surface area contributed by atoms with Crippen molar-refractivity contribution in [1.82, 2.24) is 5.32 Å². The average molecular weight is 380 g/mol. The van der Waals surface area contributed by atoms with Crippen LogP contribution < -0.4 is 10.1 Å². The van der Waals surface area contributed by atoms with Crippen molar-refractivity contribution < 1.29 is 24.5 Å². The van der Waals surface area contributed by atoms with Crippen LogP contribution in [0.25, 0.3) is 0 Å². The van der Waals surface area contributed by atoms with Crippen molar-refractivity contribution in [3.05, 3.63) is 64.7 Å². The molecule has 2 aromatic rings. The van der Waals surface area contributed by atoms with Crippen molar-refractivity contribution in [3.63, 3.8) is 0 Å². The summed E-state index contributed by atoms with van der Waals surface area (Å²) in [4.78, 5) is 18.2. The number of aliphatic carboxylic acids is 2. The third-order valence-corrected chi connectivity index (χ3v) is 3.50. The first-order valence-corrected chi connectivity index (χ1v) is 8.43. The summed E-state index contributed by atoms with van der Waals surface area (Å²) in [6.45, 7) is 4.53. The molecule has 0 radical (unpaired) electrons. The molecule has 7 heteroatoms. The van der Waals surface area contributed by atoms with Gasteiger partial charge in [-0.05, 0) is 55.3 Å². The Labute approximate surface area is 157 Å². The number of hydrogen-bond acceptors (Lipinski definition) is 4. The van der Waals surface area contributed by atoms with Crippen LogP contribution in [0.4, 0.5) is 0 Å². The minimum absolute atomic E-state index is 0.707. The smallest absolute Gasteiger partial charge is 0.414 e. The molecule has 2 aromatic carbocycles. The summed E-state index contributed by atoms with van der Waals surface area (Å²) in [6, 6.07) is 16.2. The molecule has 0 aromatic heterocycles. The third-order valence-electron chi connectivity index (χ3n) is 3.25. The molecule has 2 rings (SSSR count). The zero-order chi connectivity index (χ0) is 19.4. The highest BCUT2D eigenvalue weighted by atomic mass is 35.5. The fourth-order valence-electron chi connectivity index (χ4n) is 1.99. The van der Waals surface area contributed by atoms with Crippen LogP contribution in [0.3, 0.4) is 0 Å². The van der Waals surface area contributed by atoms with E-state index in [9.17, 15) is 0 Å². The molecule has 0 atom stereocenters. The highest BCUT2D eigenvalue weighted by Crippen LogP contribution is 2.12. The van der Waals surface area contributed by atoms with E-state index < -0.39 is 11.9 Å². The quantitative estimate of drug-likeness (QED) is 0.505. The number of halogens is 1. The normalized spacial score (nSPS) is 9.77. The molecule has 0 aliphatic heterocycles. The van der Waals surface area contributed by atoms with Crippen LogP contribution in [0.5, 0.6) is 5.75 Å². The Balaban J connectivity index is 0.000000487. The SMILES string of the molecule is CCOc1ccc(CNCCc2ccc(Cl)cc2)cc1.O=C(O)C(=O)O. The summed E-state index contributed by atoms with van der Waals surface area (Å²) in [6.07, 6.45) is 1.01. The average Bonchev–Trinajstić information content (AvgIpc) is 2.62. The van der Waals surface area contributed by atoms with Gasteiger partial charge >= 0.3 is 11.9 Å². The van der Waals surface area contributed by atoms with E-state index in [0.29, 0.717) is 6.61 Å². The van der Waals surface area contributed by atoms with Crippen molar-refractivity contribution >= 4 is 23.5 Å². The first-order chi connectivity index (χ1) is 12.4. The van der Waals surface area contributed by atoms with Crippen molar-refractivity contribution in [1.29, 1.82) is 0 Å². The van der Waals surface area contributed by atoms with Crippen LogP contribution in [0.1, 0.15) is 18.1 Å². The summed E-state index contributed by atoms with van der Waals surface area (Å²) in [7, 11) is 0. The van der Waals surface area contributed by atoms with E-state index in [1.807, 2.05) is 31.2 Å². The number of carboxylic acid groups (broad SMARTS) is 2. The predicted octanol–water partition coefficient (Wildman–Crippen LogP) is 3.23. The number of carbonyl (C=O) groups is 2. The van der Waals surface area contributed by atoms with Gasteiger partial charge in [0.05, 0.1) is 6.61 Å². The molecular formula is C19H22ClNO5. The second-order valence-corrected chi connectivity index (χ2v) is 5.68. The lowest BCUT2D eigenvalue weighted by molar-refractivity contribution is -0.159. The summed E-state index contributed by atoms with van der Waals surface area (Å²) in [5.74, 6) is -2.72. The van der Waals surface area contributed by atoms with Crippen LogP contribution in [0.2, 0.25) is 5.02 Å². The highest BCUT2D eigenvalue weighted by Gasteiger charge is 2.04. The molecule has 0 amide bonds. The fraction of sp³-hybridized carbons (Fsp3) is 0.263. The van der Waals surface area contributed by atoms with Gasteiger partial charge in [0.1, 0.15) is 5.75 Å². The van der Waals surface area contributed by atoms with E-state index in [4.69, 9.17) is 36.1 Å². The number of benzene rings is 2. The Hall–Kier alpha value is -2.57. The third kappa shape index (κ3) is 9.05. The van der Waals surface area contributed by atoms with Gasteiger partial charge in [0.2, 0.25) is 0 Å². The minimum Gasteiger partial charge on any atom is -0.494 e. The lowest BCUT2D eigenvalue weighted by Crippen LogP contribution is -2.16. The van der Waals surface area contributed by atoms with E-state index in [2.05, 4.69) is 29.6 Å². The molecule has 6 nitrogen and oxygen atoms in total. The van der Waals surface area contributed by atoms with Crippen molar-refractivity contribution in [2.75, 3.05) is 13.2 Å². The van der Waals surface area contributed by atoms with E-state index in [1.165, 1.54) is 11.1 Å². The van der Waals surface area contributed by atoms with Gasteiger partial charge in [-0.25, -0.2) is 9.59 Å². The van der Waals surface area contributed by atoms with E-state index in [0.717, 1.165) is 30.3 Å². The Bertz CT molecular complexity index is 674. The maximum atomic E-state index is 9.10. The van der Waals surface area contributed by atoms with Gasteiger partial charge in [0, 0.05) is 11.6 Å². The van der Waals surface area contributed by atoms with Gasteiger partial charge < -0.3 is 20.3 Å². The van der Waals surface area contributed by atoms with Gasteiger partial charge in [-0.1, -0.05) is 35.9 Å². The molecule has 0 spiro atoms. The van der Waals surface area contributed by atoms with Crippen LogP contribution in [0.15, 0.2) is 48.5 Å². The fourth-order valence-corrected chi connectivity index (χ4v) is 2.11. The number of ether oxygens (including phenoxy) is 1. The van der Waals surface area contributed by atoms with E-state index >= 15 is 0 Å². The lowest BCUT2D eigenvalue weighted by atomic mass is 10.1. The molecule has 0 bridgehead atoms. The van der Waals surface area contributed by atoms with Gasteiger partial charge in [-0.15, -0.1) is 0 Å². The molecule has 0 aliphatic carbocycles. The number of nitrogens with one attached hydrogen (secondary N) is 1. The zero-order valence-electron chi connectivity index (χ0n) is 14.4. The summed E-state index contributed by atoms with van der Waals surface area (Å²) >= 11 is 5.86. The first kappa shape index (κ1) is 21.5. The second-order valence-electron chi connectivity index (χ2n) is 5.24. The molecule has 0 saturated carbocycles. The Kier molecular flexibility index (Phi) is 9.82. The monoisotopic (exact) mass is 379 g/mol. The lowest BCUT2D eigenvalue weighted by Gasteiger charge is -2.07. The molecule has 0 heterocycles. The number of rotatable bonds is 7. The predicted molar refractivity (Wildman–Crippen MR) is 99.7 cm³/mol. The summed E-state index contributed by atoms with van der Waals surface area (Å²) in [5.41, 5.74) is 2.57. The Morgan fingerprint density at radius 2 is 1.50 bits per heavy atom. The Morgan fingerprint density at radius 3 is 2.00 bits per heavy atom. The molecule has 0 unspecified atom stereocenters. The second kappa shape index (κ2) is 11.9. The maximum absolute atomic E-state index is 9.10. The highest BCUT2D eigenvalue weighted by molar-refractivity contribution is 6.30. The molecular weight excluding hydrogens is 358 g/mol. The number of hydrogen-bond donors (Lipinski definition) is 3. The molecule has 0 aliphatic rings. The van der Waals surface area contributed by atoms with Crippen LogP contribution in [0, 0.1) is 0 Å². The first-order valence-electron chi connectivity index (χ1n) is 8.05. The van der Waals surface area contributed by atoms with Crippen LogP contribution in [-0.4, -0.2) is 35.3 Å². The molecule has 140 valence electrons. The summed E-state index contributed by atoms with van der Waals surface area (Å²) < 4.78 is 5.42. The standard InChI is InChI=1S/C17H20ClNO.C2H2O4/c1-2-20-17-9-5-15(6-10-17)13-19-12-11-14-3-7-16(18)8-4-14;3-1(4)2(5)6/h3-10,19H,2,11-13H2,1H3;(H,3,4)(H,5,6). The zero-order valence-corrected chi connectivity index (χ0v) is 15.2. The van der Waals surface area contributed by atoms with Crippen molar-refractivity contribution in [2.45, 2.75) is 19.9 Å². The van der Waals surface area contributed by atoms with Gasteiger partial charge in [0.25, 0.3) is 0 Å². The number of carboxylic acids is 2. The van der Waals surface area contributed by atoms with Gasteiger partial charge in [0.15, 0.2) is 0 Å². The van der Waals surface area contributed by atoms with Gasteiger partial charge in [-0.3, -0.25) is 0 Å². The minimum atomic E-state index is -1.82. The summed E-state index contributed by atoms with van der Waals surface area (Å²) in [5, 5.41) is 19.0. The molecule has 0 saturated heterocycles. The molecule has 26 heavy (non-hydrogen) atoms. The van der Waals surface area contributed by atoms with Crippen LogP contribution >= 0.6 is 11.6 Å². The maximum Gasteiger partial charge on any atom is 0.414 e. The van der Waals surface area contributed by atoms with Crippen molar-refractivity contribution in [3.8, 4) is 5.75 Å². The van der Waals surface area contributed by atoms with Gasteiger partial charge in [-0.2, -0.15) is 0 Å². The topological polar surface area (TPSA) is 95.9 Å². The molecule has 0 fully saturated rings. The van der Waals surface area contributed by atoms with Crippen molar-refractivity contribution in [2.24, 2.45) is 0 Å². The molecule has 3 N–H and O–H groups in total. The Morgan fingerprint density at radius 1 is 0.962 bits per heavy atom. The largest absolute Gasteiger partial charge is 0.494 e. The van der Waals surface area contributed by atoms with E-state index in [-0.39, 0.29) is 0 Å².